The van der Waals surface area contributed by atoms with Crippen LogP contribution >= 0.6 is 0 Å². The third kappa shape index (κ3) is 7.83. The fourth-order valence-corrected chi connectivity index (χ4v) is 3.90. The first-order valence-corrected chi connectivity index (χ1v) is 12.3. The van der Waals surface area contributed by atoms with Gasteiger partial charge in [0.2, 0.25) is 5.91 Å². The van der Waals surface area contributed by atoms with E-state index in [0.717, 1.165) is 44.3 Å². The van der Waals surface area contributed by atoms with E-state index in [9.17, 15) is 9.59 Å². The average molecular weight is 470 g/mol. The van der Waals surface area contributed by atoms with E-state index in [4.69, 9.17) is 9.47 Å². The second kappa shape index (κ2) is 13.7. The van der Waals surface area contributed by atoms with Gasteiger partial charge in [0.25, 0.3) is 0 Å². The number of methoxy groups -OCH3 is 1. The lowest BCUT2D eigenvalue weighted by molar-refractivity contribution is -0.126. The zero-order valence-electron chi connectivity index (χ0n) is 21.1. The van der Waals surface area contributed by atoms with E-state index in [1.54, 1.807) is 24.4 Å². The Morgan fingerprint density at radius 3 is 2.44 bits per heavy atom. The van der Waals surface area contributed by atoms with Gasteiger partial charge in [-0.2, -0.15) is 0 Å². The number of nitrogens with one attached hydrogen (secondary N) is 2. The number of carbonyl (C=O) groups is 2. The largest absolute Gasteiger partial charge is 0.490 e. The number of hydrogen-bond donors (Lipinski definition) is 2. The third-order valence-corrected chi connectivity index (χ3v) is 5.98. The van der Waals surface area contributed by atoms with Crippen LogP contribution in [0.5, 0.6) is 5.75 Å². The van der Waals surface area contributed by atoms with Crippen molar-refractivity contribution in [3.8, 4) is 5.75 Å². The number of esters is 1. The molecule has 1 atom stereocenters. The molecule has 2 aromatic rings. The molecule has 7 nitrogen and oxygen atoms in total. The van der Waals surface area contributed by atoms with Crippen LogP contribution < -0.4 is 15.4 Å². The van der Waals surface area contributed by atoms with Crippen molar-refractivity contribution in [2.24, 2.45) is 5.41 Å². The number of nitrogens with zero attached hydrogens (tertiary/aromatic N) is 1. The molecule has 1 fully saturated rings. The van der Waals surface area contributed by atoms with Crippen LogP contribution in [0, 0.1) is 5.41 Å². The number of piperidine rings is 1. The normalized spacial score (nSPS) is 15.3. The Labute approximate surface area is 203 Å². The second-order valence-electron chi connectivity index (χ2n) is 8.56. The van der Waals surface area contributed by atoms with E-state index in [1.807, 2.05) is 39.0 Å². The second-order valence-corrected chi connectivity index (χ2v) is 8.56. The molecule has 7 heteroatoms. The lowest BCUT2D eigenvalue weighted by Crippen LogP contribution is -2.42. The van der Waals surface area contributed by atoms with E-state index in [1.165, 1.54) is 7.11 Å². The summed E-state index contributed by atoms with van der Waals surface area (Å²) in [5, 5.41) is 6.26. The van der Waals surface area contributed by atoms with Crippen LogP contribution in [-0.2, 0) is 16.0 Å². The number of anilines is 1. The topological polar surface area (TPSA) is 89.6 Å². The van der Waals surface area contributed by atoms with Crippen molar-refractivity contribution < 1.29 is 19.1 Å². The van der Waals surface area contributed by atoms with Crippen molar-refractivity contribution in [1.82, 2.24) is 10.3 Å². The Kier molecular flexibility index (Phi) is 11.0. The smallest absolute Gasteiger partial charge is 0.337 e. The zero-order chi connectivity index (χ0) is 25.0. The number of carbonyl (C=O) groups excluding carboxylic acids is 2. The Balaban J connectivity index is 0.00000199. The average Bonchev–Trinajstić information content (AvgIpc) is 2.86. The molecule has 3 rings (SSSR count). The van der Waals surface area contributed by atoms with Crippen LogP contribution in [0.2, 0.25) is 0 Å². The number of hydrogen-bond acceptors (Lipinski definition) is 6. The summed E-state index contributed by atoms with van der Waals surface area (Å²) < 4.78 is 11.0. The van der Waals surface area contributed by atoms with Crippen molar-refractivity contribution in [3.63, 3.8) is 0 Å². The van der Waals surface area contributed by atoms with Crippen LogP contribution in [-0.4, -0.2) is 43.2 Å². The number of benzene rings is 1. The van der Waals surface area contributed by atoms with Crippen LogP contribution in [0.4, 0.5) is 5.82 Å². The van der Waals surface area contributed by atoms with Gasteiger partial charge in [-0.1, -0.05) is 46.2 Å². The molecule has 1 aliphatic rings. The first-order chi connectivity index (χ1) is 16.4. The van der Waals surface area contributed by atoms with Crippen molar-refractivity contribution in [3.05, 3.63) is 53.7 Å². The SMILES string of the molecule is CC.CCCC(Cc1ccc(C(=O)OC)cc1)Oc1ccnc(NC(=O)C2(C)CCNCC2)c1. The molecule has 0 radical (unpaired) electrons. The van der Waals surface area contributed by atoms with Gasteiger partial charge in [0.15, 0.2) is 0 Å². The standard InChI is InChI=1S/C25H33N3O4.C2H6/c1-4-5-20(16-18-6-8-19(9-7-18)23(29)31-3)32-21-10-13-27-22(17-21)28-24(30)25(2)11-14-26-15-12-25;1-2/h6-10,13,17,20,26H,4-5,11-12,14-16H2,1-3H3,(H,27,28,30);1-2H3. The van der Waals surface area contributed by atoms with Crippen LogP contribution in [0.1, 0.15) is 69.3 Å². The molecule has 0 spiro atoms. The lowest BCUT2D eigenvalue weighted by Gasteiger charge is -2.32. The Morgan fingerprint density at radius 1 is 1.15 bits per heavy atom. The van der Waals surface area contributed by atoms with Crippen molar-refractivity contribution in [2.45, 2.75) is 65.9 Å². The lowest BCUT2D eigenvalue weighted by atomic mass is 9.80. The minimum Gasteiger partial charge on any atom is -0.490 e. The molecule has 2 heterocycles. The minimum absolute atomic E-state index is 0.000506. The highest BCUT2D eigenvalue weighted by Gasteiger charge is 2.34. The van der Waals surface area contributed by atoms with Crippen molar-refractivity contribution in [1.29, 1.82) is 0 Å². The maximum absolute atomic E-state index is 12.8. The van der Waals surface area contributed by atoms with Gasteiger partial charge in [-0.05, 0) is 56.1 Å². The molecule has 0 aliphatic carbocycles. The minimum atomic E-state index is -0.384. The maximum Gasteiger partial charge on any atom is 0.337 e. The van der Waals surface area contributed by atoms with Gasteiger partial charge in [-0.25, -0.2) is 9.78 Å². The van der Waals surface area contributed by atoms with Crippen molar-refractivity contribution in [2.75, 3.05) is 25.5 Å². The summed E-state index contributed by atoms with van der Waals surface area (Å²) in [6.07, 6.45) is 5.82. The summed E-state index contributed by atoms with van der Waals surface area (Å²) in [6, 6.07) is 11.0. The molecule has 1 amide bonds. The molecular weight excluding hydrogens is 430 g/mol. The Bertz CT molecular complexity index is 908. The van der Waals surface area contributed by atoms with E-state index >= 15 is 0 Å². The summed E-state index contributed by atoms with van der Waals surface area (Å²) in [7, 11) is 1.37. The molecular formula is C27H39N3O4. The third-order valence-electron chi connectivity index (χ3n) is 5.98. The number of pyridine rings is 1. The fraction of sp³-hybridized carbons (Fsp3) is 0.519. The highest BCUT2D eigenvalue weighted by atomic mass is 16.5. The van der Waals surface area contributed by atoms with Crippen LogP contribution in [0.15, 0.2) is 42.6 Å². The first-order valence-electron chi connectivity index (χ1n) is 12.3. The predicted octanol–water partition coefficient (Wildman–Crippen LogP) is 5.01. The Morgan fingerprint density at radius 2 is 1.82 bits per heavy atom. The van der Waals surface area contributed by atoms with E-state index in [2.05, 4.69) is 22.5 Å². The summed E-state index contributed by atoms with van der Waals surface area (Å²) in [4.78, 5) is 28.8. The Hall–Kier alpha value is -2.93. The highest BCUT2D eigenvalue weighted by Crippen LogP contribution is 2.30. The van der Waals surface area contributed by atoms with Gasteiger partial charge in [-0.15, -0.1) is 0 Å². The predicted molar refractivity (Wildman–Crippen MR) is 135 cm³/mol. The summed E-state index contributed by atoms with van der Waals surface area (Å²) in [6.45, 7) is 9.82. The van der Waals surface area contributed by atoms with Crippen LogP contribution in [0.3, 0.4) is 0 Å². The van der Waals surface area contributed by atoms with Gasteiger partial charge < -0.3 is 20.1 Å². The number of ether oxygens (including phenoxy) is 2. The van der Waals surface area contributed by atoms with E-state index in [-0.39, 0.29) is 23.4 Å². The zero-order valence-corrected chi connectivity index (χ0v) is 21.1. The summed E-state index contributed by atoms with van der Waals surface area (Å²) in [5.74, 6) is 0.836. The summed E-state index contributed by atoms with van der Waals surface area (Å²) >= 11 is 0. The maximum atomic E-state index is 12.8. The first kappa shape index (κ1) is 27.3. The molecule has 34 heavy (non-hydrogen) atoms. The quantitative estimate of drug-likeness (QED) is 0.502. The number of rotatable bonds is 9. The molecule has 0 saturated carbocycles. The highest BCUT2D eigenvalue weighted by molar-refractivity contribution is 5.94. The van der Waals surface area contributed by atoms with Crippen LogP contribution in [0.25, 0.3) is 0 Å². The number of amides is 1. The van der Waals surface area contributed by atoms with Gasteiger partial charge >= 0.3 is 5.97 Å². The number of aromatic nitrogens is 1. The fourth-order valence-electron chi connectivity index (χ4n) is 3.90. The molecule has 1 saturated heterocycles. The molecule has 2 N–H and O–H groups in total. The molecule has 1 unspecified atom stereocenters. The van der Waals surface area contributed by atoms with Gasteiger partial charge in [0.05, 0.1) is 12.7 Å². The molecule has 186 valence electrons. The van der Waals surface area contributed by atoms with Crippen molar-refractivity contribution >= 4 is 17.7 Å². The van der Waals surface area contributed by atoms with E-state index in [0.29, 0.717) is 23.6 Å². The van der Waals surface area contributed by atoms with E-state index < -0.39 is 0 Å². The monoisotopic (exact) mass is 469 g/mol. The molecule has 0 bridgehead atoms. The molecule has 1 aliphatic heterocycles. The molecule has 1 aromatic heterocycles. The molecule has 1 aromatic carbocycles. The van der Waals surface area contributed by atoms with Gasteiger partial charge in [0.1, 0.15) is 17.7 Å². The van der Waals surface area contributed by atoms with Gasteiger partial charge in [-0.3, -0.25) is 4.79 Å². The van der Waals surface area contributed by atoms with Gasteiger partial charge in [0, 0.05) is 24.1 Å². The summed E-state index contributed by atoms with van der Waals surface area (Å²) in [5.41, 5.74) is 1.23.